The Morgan fingerprint density at radius 1 is 1.17 bits per heavy atom. The van der Waals surface area contributed by atoms with E-state index in [0.29, 0.717) is 17.9 Å². The average Bonchev–Trinajstić information content (AvgIpc) is 2.50. The van der Waals surface area contributed by atoms with Crippen LogP contribution in [0, 0.1) is 13.8 Å². The fourth-order valence-electron chi connectivity index (χ4n) is 2.88. The number of carbonyl (C=O) groups is 1. The lowest BCUT2D eigenvalue weighted by Crippen LogP contribution is -2.46. The van der Waals surface area contributed by atoms with Gasteiger partial charge in [0.25, 0.3) is 0 Å². The first-order valence-electron chi connectivity index (χ1n) is 7.37. The van der Waals surface area contributed by atoms with Crippen LogP contribution < -0.4 is 9.80 Å². The molecule has 0 atom stereocenters. The van der Waals surface area contributed by atoms with Crippen molar-refractivity contribution in [2.45, 2.75) is 25.5 Å². The molecule has 3 rings (SSSR count). The molecule has 7 nitrogen and oxygen atoms in total. The molecule has 0 radical (unpaired) electrons. The normalized spacial score (nSPS) is 14.8. The van der Waals surface area contributed by atoms with Gasteiger partial charge >= 0.3 is 6.03 Å². The monoisotopic (exact) mass is 346 g/mol. The number of benzene rings is 1. The molecule has 0 unspecified atom stereocenters. The predicted molar refractivity (Wildman–Crippen MR) is 91.0 cm³/mol. The molecule has 0 aliphatic carbocycles. The summed E-state index contributed by atoms with van der Waals surface area (Å²) in [5.41, 5.74) is 3.54. The van der Waals surface area contributed by atoms with Gasteiger partial charge in [0.15, 0.2) is 0 Å². The topological polar surface area (TPSA) is 83.5 Å². The standard InChI is InChI=1S/C16H18N4O3S/c1-10-6-5-7-11(2)13(10)20-9-12-8-17-15(24(4,22)23)18-14(12)19(3)16(20)21/h5-8H,9H2,1-4H3. The van der Waals surface area contributed by atoms with Gasteiger partial charge in [-0.2, -0.15) is 0 Å². The molecule has 126 valence electrons. The van der Waals surface area contributed by atoms with E-state index in [4.69, 9.17) is 0 Å². The zero-order chi connectivity index (χ0) is 17.6. The van der Waals surface area contributed by atoms with Crippen molar-refractivity contribution in [1.29, 1.82) is 0 Å². The van der Waals surface area contributed by atoms with Crippen molar-refractivity contribution in [3.63, 3.8) is 0 Å². The number of hydrogen-bond donors (Lipinski definition) is 0. The third-order valence-corrected chi connectivity index (χ3v) is 4.88. The molecule has 1 aromatic heterocycles. The van der Waals surface area contributed by atoms with E-state index >= 15 is 0 Å². The van der Waals surface area contributed by atoms with Crippen LogP contribution in [0.25, 0.3) is 0 Å². The summed E-state index contributed by atoms with van der Waals surface area (Å²) in [6.07, 6.45) is 2.52. The second kappa shape index (κ2) is 5.55. The number of para-hydroxylation sites is 1. The van der Waals surface area contributed by atoms with Crippen LogP contribution in [0.15, 0.2) is 29.6 Å². The lowest BCUT2D eigenvalue weighted by molar-refractivity contribution is 0.251. The molecule has 0 spiro atoms. The summed E-state index contributed by atoms with van der Waals surface area (Å²) in [7, 11) is -1.95. The minimum atomic E-state index is -3.53. The van der Waals surface area contributed by atoms with Gasteiger partial charge in [-0.25, -0.2) is 23.2 Å². The maximum absolute atomic E-state index is 12.8. The van der Waals surface area contributed by atoms with Gasteiger partial charge in [-0.05, 0) is 25.0 Å². The van der Waals surface area contributed by atoms with Crippen molar-refractivity contribution in [1.82, 2.24) is 9.97 Å². The lowest BCUT2D eigenvalue weighted by atomic mass is 10.1. The van der Waals surface area contributed by atoms with Crippen LogP contribution in [0.5, 0.6) is 0 Å². The number of amides is 2. The van der Waals surface area contributed by atoms with Crippen LogP contribution in [-0.2, 0) is 16.4 Å². The Kier molecular flexibility index (Phi) is 3.79. The largest absolute Gasteiger partial charge is 0.330 e. The molecule has 2 heterocycles. The fourth-order valence-corrected chi connectivity index (χ4v) is 3.37. The smallest absolute Gasteiger partial charge is 0.289 e. The Morgan fingerprint density at radius 3 is 2.38 bits per heavy atom. The Balaban J connectivity index is 2.11. The van der Waals surface area contributed by atoms with E-state index in [9.17, 15) is 13.2 Å². The second-order valence-corrected chi connectivity index (χ2v) is 7.85. The van der Waals surface area contributed by atoms with Crippen molar-refractivity contribution >= 4 is 27.4 Å². The highest BCUT2D eigenvalue weighted by Gasteiger charge is 2.32. The molecule has 0 N–H and O–H groups in total. The highest BCUT2D eigenvalue weighted by atomic mass is 32.2. The average molecular weight is 346 g/mol. The number of fused-ring (bicyclic) bond motifs is 1. The fraction of sp³-hybridized carbons (Fsp3) is 0.312. The van der Waals surface area contributed by atoms with E-state index in [0.717, 1.165) is 23.1 Å². The quantitative estimate of drug-likeness (QED) is 0.777. The molecule has 0 bridgehead atoms. The van der Waals surface area contributed by atoms with Gasteiger partial charge < -0.3 is 0 Å². The van der Waals surface area contributed by atoms with Crippen molar-refractivity contribution in [3.8, 4) is 0 Å². The Labute approximate surface area is 140 Å². The molecule has 0 fully saturated rings. The van der Waals surface area contributed by atoms with Crippen LogP contribution in [0.3, 0.4) is 0 Å². The molecule has 0 saturated carbocycles. The third kappa shape index (κ3) is 2.62. The Morgan fingerprint density at radius 2 is 1.79 bits per heavy atom. The number of aromatic nitrogens is 2. The SMILES string of the molecule is Cc1cccc(C)c1N1Cc2cnc(S(C)(=O)=O)nc2N(C)C1=O. The van der Waals surface area contributed by atoms with Crippen molar-refractivity contribution in [2.75, 3.05) is 23.1 Å². The summed E-state index contributed by atoms with van der Waals surface area (Å²) in [4.78, 5) is 23.8. The minimum Gasteiger partial charge on any atom is -0.289 e. The van der Waals surface area contributed by atoms with Crippen LogP contribution in [0.2, 0.25) is 0 Å². The van der Waals surface area contributed by atoms with E-state index in [1.54, 1.807) is 11.9 Å². The van der Waals surface area contributed by atoms with Gasteiger partial charge in [-0.1, -0.05) is 18.2 Å². The second-order valence-electron chi connectivity index (χ2n) is 5.94. The van der Waals surface area contributed by atoms with Gasteiger partial charge in [-0.15, -0.1) is 0 Å². The molecule has 1 aliphatic heterocycles. The summed E-state index contributed by atoms with van der Waals surface area (Å²) in [5.74, 6) is 0.331. The molecular weight excluding hydrogens is 328 g/mol. The molecule has 2 amide bonds. The summed E-state index contributed by atoms with van der Waals surface area (Å²) in [5, 5.41) is -0.276. The number of hydrogen-bond acceptors (Lipinski definition) is 5. The third-order valence-electron chi connectivity index (χ3n) is 4.02. The summed E-state index contributed by atoms with van der Waals surface area (Å²) in [6.45, 7) is 4.21. The van der Waals surface area contributed by atoms with Gasteiger partial charge in [0.05, 0.1) is 12.2 Å². The number of urea groups is 1. The number of sulfone groups is 1. The summed E-state index contributed by atoms with van der Waals surface area (Å²) < 4.78 is 23.3. The lowest BCUT2D eigenvalue weighted by Gasteiger charge is -2.35. The van der Waals surface area contributed by atoms with E-state index in [1.165, 1.54) is 11.1 Å². The minimum absolute atomic E-state index is 0.252. The maximum atomic E-state index is 12.8. The molecule has 24 heavy (non-hydrogen) atoms. The van der Waals surface area contributed by atoms with E-state index in [-0.39, 0.29) is 11.2 Å². The van der Waals surface area contributed by atoms with Crippen molar-refractivity contribution < 1.29 is 13.2 Å². The number of nitrogens with zero attached hydrogens (tertiary/aromatic N) is 4. The van der Waals surface area contributed by atoms with Crippen molar-refractivity contribution in [3.05, 3.63) is 41.1 Å². The molecular formula is C16H18N4O3S. The first kappa shape index (κ1) is 16.4. The predicted octanol–water partition coefficient (Wildman–Crippen LogP) is 2.07. The van der Waals surface area contributed by atoms with Gasteiger partial charge in [0, 0.05) is 25.1 Å². The van der Waals surface area contributed by atoms with Crippen LogP contribution in [0.4, 0.5) is 16.3 Å². The van der Waals surface area contributed by atoms with Crippen LogP contribution in [-0.4, -0.2) is 37.7 Å². The maximum Gasteiger partial charge on any atom is 0.330 e. The zero-order valence-electron chi connectivity index (χ0n) is 13.9. The first-order valence-corrected chi connectivity index (χ1v) is 9.26. The molecule has 2 aromatic rings. The molecule has 0 saturated heterocycles. The number of aryl methyl sites for hydroxylation is 2. The van der Waals surface area contributed by atoms with E-state index in [2.05, 4.69) is 9.97 Å². The summed E-state index contributed by atoms with van der Waals surface area (Å²) >= 11 is 0. The summed E-state index contributed by atoms with van der Waals surface area (Å²) in [6, 6.07) is 5.60. The van der Waals surface area contributed by atoms with E-state index < -0.39 is 9.84 Å². The van der Waals surface area contributed by atoms with Crippen LogP contribution in [0.1, 0.15) is 16.7 Å². The zero-order valence-corrected chi connectivity index (χ0v) is 14.8. The number of rotatable bonds is 2. The molecule has 1 aromatic carbocycles. The Bertz CT molecular complexity index is 920. The Hall–Kier alpha value is -2.48. The van der Waals surface area contributed by atoms with Gasteiger partial charge in [0.2, 0.25) is 15.0 Å². The number of carbonyl (C=O) groups excluding carboxylic acids is 1. The number of anilines is 2. The highest BCUT2D eigenvalue weighted by Crippen LogP contribution is 2.33. The van der Waals surface area contributed by atoms with Gasteiger partial charge in [-0.3, -0.25) is 9.80 Å². The van der Waals surface area contributed by atoms with Gasteiger partial charge in [0.1, 0.15) is 5.82 Å². The van der Waals surface area contributed by atoms with E-state index in [1.807, 2.05) is 32.0 Å². The molecule has 1 aliphatic rings. The first-order chi connectivity index (χ1) is 11.2. The molecule has 8 heteroatoms. The van der Waals surface area contributed by atoms with Crippen LogP contribution >= 0.6 is 0 Å². The van der Waals surface area contributed by atoms with Crippen molar-refractivity contribution in [2.24, 2.45) is 0 Å². The highest BCUT2D eigenvalue weighted by molar-refractivity contribution is 7.90.